The van der Waals surface area contributed by atoms with Crippen LogP contribution in [0.4, 0.5) is 9.18 Å². The van der Waals surface area contributed by atoms with Crippen molar-refractivity contribution in [2.75, 3.05) is 6.54 Å². The quantitative estimate of drug-likeness (QED) is 0.565. The van der Waals surface area contributed by atoms with Crippen LogP contribution in [0.1, 0.15) is 4.88 Å². The molecule has 0 bridgehead atoms. The fourth-order valence-electron chi connectivity index (χ4n) is 2.44. The molecule has 0 fully saturated rings. The molecule has 3 aromatic heterocycles. The van der Waals surface area contributed by atoms with E-state index in [1.54, 1.807) is 0 Å². The Bertz CT molecular complexity index is 1120. The maximum absolute atomic E-state index is 14.2. The average Bonchev–Trinajstić information content (AvgIpc) is 3.07. The van der Waals surface area contributed by atoms with E-state index in [1.807, 2.05) is 0 Å². The molecule has 0 atom stereocenters. The van der Waals surface area contributed by atoms with Gasteiger partial charge in [-0.2, -0.15) is 4.39 Å². The van der Waals surface area contributed by atoms with Crippen molar-refractivity contribution in [1.29, 1.82) is 0 Å². The molecule has 0 saturated carbocycles. The van der Waals surface area contributed by atoms with Crippen molar-refractivity contribution in [2.45, 2.75) is 15.5 Å². The van der Waals surface area contributed by atoms with E-state index in [1.165, 1.54) is 36.5 Å². The van der Waals surface area contributed by atoms with Gasteiger partial charge in [-0.25, -0.2) is 23.2 Å². The molecule has 2 N–H and O–H groups in total. The first kappa shape index (κ1) is 20.2. The van der Waals surface area contributed by atoms with E-state index in [-0.39, 0.29) is 38.4 Å². The van der Waals surface area contributed by atoms with Gasteiger partial charge >= 0.3 is 6.09 Å². The first-order chi connectivity index (χ1) is 13.3. The Balaban J connectivity index is 2.10. The largest absolute Gasteiger partial charge is 0.465 e. The smallest absolute Gasteiger partial charge is 0.404 e. The first-order valence-electron chi connectivity index (χ1n) is 7.86. The first-order valence-corrected chi connectivity index (χ1v) is 10.5. The third kappa shape index (κ3) is 4.29. The molecule has 7 nitrogen and oxygen atoms in total. The van der Waals surface area contributed by atoms with Crippen molar-refractivity contribution in [3.63, 3.8) is 0 Å². The molecule has 3 heterocycles. The van der Waals surface area contributed by atoms with Gasteiger partial charge in [-0.3, -0.25) is 0 Å². The second-order valence-electron chi connectivity index (χ2n) is 5.56. The van der Waals surface area contributed by atoms with Crippen LogP contribution in [0.2, 0.25) is 5.15 Å². The van der Waals surface area contributed by atoms with Crippen molar-refractivity contribution >= 4 is 38.9 Å². The van der Waals surface area contributed by atoms with Crippen molar-refractivity contribution in [3.8, 4) is 11.1 Å². The Hall–Kier alpha value is -2.56. The van der Waals surface area contributed by atoms with Gasteiger partial charge in [-0.15, -0.1) is 11.3 Å². The van der Waals surface area contributed by atoms with Crippen LogP contribution in [0.3, 0.4) is 0 Å². The number of hydrogen-bond acceptors (Lipinski definition) is 6. The van der Waals surface area contributed by atoms with Gasteiger partial charge in [0.1, 0.15) is 9.36 Å². The number of amides is 1. The van der Waals surface area contributed by atoms with Gasteiger partial charge in [-0.05, 0) is 36.8 Å². The third-order valence-electron chi connectivity index (χ3n) is 3.70. The number of nitrogens with one attached hydrogen (secondary N) is 1. The second kappa shape index (κ2) is 8.21. The van der Waals surface area contributed by atoms with E-state index in [9.17, 15) is 17.6 Å². The lowest BCUT2D eigenvalue weighted by Gasteiger charge is -2.06. The van der Waals surface area contributed by atoms with E-state index in [4.69, 9.17) is 16.7 Å². The lowest BCUT2D eigenvalue weighted by molar-refractivity contribution is 0.194. The second-order valence-corrected chi connectivity index (χ2v) is 9.23. The molecule has 0 spiro atoms. The number of sulfone groups is 1. The van der Waals surface area contributed by atoms with Gasteiger partial charge < -0.3 is 10.4 Å². The maximum Gasteiger partial charge on any atom is 0.404 e. The molecule has 146 valence electrons. The minimum Gasteiger partial charge on any atom is -0.465 e. The molecule has 1 amide bonds. The fraction of sp³-hybridized carbons (Fsp3) is 0.118. The van der Waals surface area contributed by atoms with Crippen LogP contribution in [0.25, 0.3) is 11.1 Å². The van der Waals surface area contributed by atoms with E-state index in [2.05, 4.69) is 15.3 Å². The number of halogens is 2. The molecule has 0 radical (unpaired) electrons. The lowest BCUT2D eigenvalue weighted by atomic mass is 10.1. The van der Waals surface area contributed by atoms with E-state index < -0.39 is 21.9 Å². The van der Waals surface area contributed by atoms with Crippen LogP contribution in [-0.2, 0) is 16.3 Å². The molecule has 0 aromatic carbocycles. The van der Waals surface area contributed by atoms with Crippen LogP contribution in [0, 0.1) is 5.95 Å². The third-order valence-corrected chi connectivity index (χ3v) is 7.39. The fourth-order valence-corrected chi connectivity index (χ4v) is 5.61. The highest BCUT2D eigenvalue weighted by molar-refractivity contribution is 7.93. The highest BCUT2D eigenvalue weighted by Gasteiger charge is 2.27. The minimum absolute atomic E-state index is 0.0386. The Kier molecular flexibility index (Phi) is 5.92. The van der Waals surface area contributed by atoms with E-state index in [0.717, 1.165) is 17.5 Å². The molecule has 0 aliphatic carbocycles. The van der Waals surface area contributed by atoms with Crippen molar-refractivity contribution in [2.24, 2.45) is 0 Å². The van der Waals surface area contributed by atoms with Crippen LogP contribution >= 0.6 is 22.9 Å². The van der Waals surface area contributed by atoms with Gasteiger partial charge in [0.05, 0.1) is 4.90 Å². The summed E-state index contributed by atoms with van der Waals surface area (Å²) in [4.78, 5) is 18.5. The Morgan fingerprint density at radius 1 is 1.25 bits per heavy atom. The summed E-state index contributed by atoms with van der Waals surface area (Å²) in [6, 6.07) is 7.14. The van der Waals surface area contributed by atoms with Crippen LogP contribution in [-0.4, -0.2) is 36.1 Å². The maximum atomic E-state index is 14.2. The lowest BCUT2D eigenvalue weighted by Crippen LogP contribution is -2.22. The number of carbonyl (C=O) groups is 1. The summed E-state index contributed by atoms with van der Waals surface area (Å²) in [5, 5.41) is 11.0. The average molecular weight is 442 g/mol. The Morgan fingerprint density at radius 2 is 2.04 bits per heavy atom. The number of aromatic nitrogens is 2. The van der Waals surface area contributed by atoms with Crippen LogP contribution in [0.5, 0.6) is 0 Å². The molecular formula is C17H13ClFN3O4S2. The standard InChI is InChI=1S/C17H13ClFN3O4S2/c18-14-4-3-11(9-22-14)28(25,26)16-13(12-2-1-6-20-15(12)19)8-10(27-16)5-7-21-17(23)24/h1-4,6,8-9,21H,5,7H2,(H,23,24). The summed E-state index contributed by atoms with van der Waals surface area (Å²) in [5.74, 6) is -0.804. The number of nitrogens with zero attached hydrogens (tertiary/aromatic N) is 2. The van der Waals surface area contributed by atoms with Crippen molar-refractivity contribution in [1.82, 2.24) is 15.3 Å². The normalized spacial score (nSPS) is 11.4. The monoisotopic (exact) mass is 441 g/mol. The SMILES string of the molecule is O=C(O)NCCc1cc(-c2cccnc2F)c(S(=O)(=O)c2ccc(Cl)nc2)s1. The predicted molar refractivity (Wildman–Crippen MR) is 102 cm³/mol. The van der Waals surface area contributed by atoms with E-state index >= 15 is 0 Å². The summed E-state index contributed by atoms with van der Waals surface area (Å²) in [6.45, 7) is 0.0901. The van der Waals surface area contributed by atoms with Crippen molar-refractivity contribution in [3.05, 3.63) is 58.7 Å². The van der Waals surface area contributed by atoms with Gasteiger partial charge in [0.15, 0.2) is 0 Å². The van der Waals surface area contributed by atoms with Gasteiger partial charge in [0.2, 0.25) is 15.8 Å². The summed E-state index contributed by atoms with van der Waals surface area (Å²) in [6.07, 6.45) is 1.46. The minimum atomic E-state index is -4.01. The Labute approximate surface area is 168 Å². The summed E-state index contributed by atoms with van der Waals surface area (Å²) in [5.41, 5.74) is 0.201. The summed E-state index contributed by atoms with van der Waals surface area (Å²) < 4.78 is 40.4. The molecular weight excluding hydrogens is 429 g/mol. The van der Waals surface area contributed by atoms with Gasteiger partial charge in [0, 0.05) is 34.9 Å². The zero-order valence-corrected chi connectivity index (χ0v) is 16.5. The van der Waals surface area contributed by atoms with Crippen molar-refractivity contribution < 1.29 is 22.7 Å². The molecule has 3 rings (SSSR count). The number of carboxylic acid groups (broad SMARTS) is 1. The number of rotatable bonds is 6. The molecule has 0 saturated heterocycles. The summed E-state index contributed by atoms with van der Waals surface area (Å²) in [7, 11) is -4.01. The highest BCUT2D eigenvalue weighted by Crippen LogP contribution is 2.39. The molecule has 0 unspecified atom stereocenters. The molecule has 0 aliphatic heterocycles. The zero-order chi connectivity index (χ0) is 20.3. The number of thiophene rings is 1. The van der Waals surface area contributed by atoms with E-state index in [0.29, 0.717) is 4.88 Å². The zero-order valence-electron chi connectivity index (χ0n) is 14.1. The summed E-state index contributed by atoms with van der Waals surface area (Å²) >= 11 is 6.67. The molecule has 0 aliphatic rings. The molecule has 3 aromatic rings. The topological polar surface area (TPSA) is 109 Å². The van der Waals surface area contributed by atoms with Crippen LogP contribution in [0.15, 0.2) is 51.8 Å². The molecule has 28 heavy (non-hydrogen) atoms. The predicted octanol–water partition coefficient (Wildman–Crippen LogP) is 3.64. The number of hydrogen-bond donors (Lipinski definition) is 2. The van der Waals surface area contributed by atoms with Gasteiger partial charge in [-0.1, -0.05) is 11.6 Å². The molecule has 11 heteroatoms. The highest BCUT2D eigenvalue weighted by atomic mass is 35.5. The van der Waals surface area contributed by atoms with Gasteiger partial charge in [0.25, 0.3) is 0 Å². The Morgan fingerprint density at radius 3 is 2.68 bits per heavy atom. The number of pyridine rings is 2. The van der Waals surface area contributed by atoms with Crippen LogP contribution < -0.4 is 5.32 Å².